The maximum atomic E-state index is 5.54. The molecule has 0 aromatic heterocycles. The summed E-state index contributed by atoms with van der Waals surface area (Å²) < 4.78 is 0. The summed E-state index contributed by atoms with van der Waals surface area (Å²) in [6.07, 6.45) is 4.11. The maximum absolute atomic E-state index is 5.54. The molecule has 0 aliphatic rings. The van der Waals surface area contributed by atoms with E-state index in [4.69, 9.17) is 5.73 Å². The van der Waals surface area contributed by atoms with Crippen LogP contribution in [0.3, 0.4) is 0 Å². The van der Waals surface area contributed by atoms with Gasteiger partial charge in [0.2, 0.25) is 0 Å². The molecule has 10 heavy (non-hydrogen) atoms. The molecule has 0 heterocycles. The third-order valence-corrected chi connectivity index (χ3v) is 1.99. The highest BCUT2D eigenvalue weighted by atomic mass is 32.2. The predicted molar refractivity (Wildman–Crippen MR) is 49.5 cm³/mol. The lowest BCUT2D eigenvalue weighted by Crippen LogP contribution is -2.11. The van der Waals surface area contributed by atoms with Crippen LogP contribution < -0.4 is 5.73 Å². The van der Waals surface area contributed by atoms with E-state index in [1.807, 2.05) is 6.26 Å². The number of amidine groups is 1. The Morgan fingerprint density at radius 2 is 2.00 bits per heavy atom. The molecule has 0 radical (unpaired) electrons. The summed E-state index contributed by atoms with van der Waals surface area (Å²) >= 11 is 1.51. The molecule has 0 saturated heterocycles. The van der Waals surface area contributed by atoms with Crippen LogP contribution in [0.2, 0.25) is 0 Å². The van der Waals surface area contributed by atoms with Crippen molar-refractivity contribution in [2.24, 2.45) is 10.7 Å². The van der Waals surface area contributed by atoms with Crippen LogP contribution in [0.15, 0.2) is 4.99 Å². The first kappa shape index (κ1) is 9.82. The van der Waals surface area contributed by atoms with E-state index in [9.17, 15) is 0 Å². The highest BCUT2D eigenvalue weighted by Crippen LogP contribution is 2.04. The Bertz CT molecular complexity index is 108. The van der Waals surface area contributed by atoms with Crippen LogP contribution in [0.1, 0.15) is 26.7 Å². The summed E-state index contributed by atoms with van der Waals surface area (Å²) in [6, 6.07) is 0.424. The molecule has 0 aromatic carbocycles. The van der Waals surface area contributed by atoms with Crippen LogP contribution in [-0.2, 0) is 0 Å². The molecule has 0 atom stereocenters. The number of nitrogens with zero attached hydrogens (tertiary/aromatic N) is 1. The van der Waals surface area contributed by atoms with Crippen LogP contribution in [0.5, 0.6) is 0 Å². The minimum atomic E-state index is 0.424. The smallest absolute Gasteiger partial charge is 0.153 e. The molecular formula is C7H16N2S. The molecule has 0 unspecified atom stereocenters. The fraction of sp³-hybridized carbons (Fsp3) is 0.857. The lowest BCUT2D eigenvalue weighted by Gasteiger charge is -2.05. The van der Waals surface area contributed by atoms with Crippen molar-refractivity contribution in [2.75, 3.05) is 6.26 Å². The van der Waals surface area contributed by atoms with E-state index in [1.54, 1.807) is 0 Å². The Labute approximate surface area is 67.3 Å². The van der Waals surface area contributed by atoms with Crippen molar-refractivity contribution in [3.63, 3.8) is 0 Å². The molecule has 0 aliphatic carbocycles. The SMILES string of the molecule is CCC(CC)N=C(N)SC. The van der Waals surface area contributed by atoms with Gasteiger partial charge in [0.15, 0.2) is 5.17 Å². The Morgan fingerprint density at radius 1 is 1.50 bits per heavy atom. The third-order valence-electron chi connectivity index (χ3n) is 1.46. The van der Waals surface area contributed by atoms with Crippen LogP contribution in [-0.4, -0.2) is 17.5 Å². The molecule has 60 valence electrons. The van der Waals surface area contributed by atoms with Crippen molar-refractivity contribution in [2.45, 2.75) is 32.7 Å². The second kappa shape index (κ2) is 5.59. The third kappa shape index (κ3) is 3.77. The first-order valence-electron chi connectivity index (χ1n) is 3.61. The Balaban J connectivity index is 3.80. The van der Waals surface area contributed by atoms with Crippen molar-refractivity contribution in [3.8, 4) is 0 Å². The molecule has 0 saturated carbocycles. The van der Waals surface area contributed by atoms with Gasteiger partial charge >= 0.3 is 0 Å². The van der Waals surface area contributed by atoms with Gasteiger partial charge in [0.25, 0.3) is 0 Å². The predicted octanol–water partition coefficient (Wildman–Crippen LogP) is 1.85. The molecule has 0 spiro atoms. The number of rotatable bonds is 3. The highest BCUT2D eigenvalue weighted by Gasteiger charge is 1.99. The average Bonchev–Trinajstić information content (AvgIpc) is 1.99. The summed E-state index contributed by atoms with van der Waals surface area (Å²) in [5.74, 6) is 0. The standard InChI is InChI=1S/C7H16N2S/c1-4-6(5-2)9-7(8)10-3/h6H,4-5H2,1-3H3,(H2,8,9). The van der Waals surface area contributed by atoms with E-state index in [1.165, 1.54) is 11.8 Å². The first-order valence-corrected chi connectivity index (χ1v) is 4.84. The van der Waals surface area contributed by atoms with E-state index >= 15 is 0 Å². The van der Waals surface area contributed by atoms with Crippen LogP contribution in [0, 0.1) is 0 Å². The van der Waals surface area contributed by atoms with Gasteiger partial charge < -0.3 is 5.73 Å². The van der Waals surface area contributed by atoms with E-state index in [-0.39, 0.29) is 0 Å². The second-order valence-electron chi connectivity index (χ2n) is 2.14. The van der Waals surface area contributed by atoms with E-state index < -0.39 is 0 Å². The Morgan fingerprint density at radius 3 is 2.30 bits per heavy atom. The largest absolute Gasteiger partial charge is 0.379 e. The summed E-state index contributed by atoms with van der Waals surface area (Å²) in [6.45, 7) is 4.26. The fourth-order valence-corrected chi connectivity index (χ4v) is 0.958. The summed E-state index contributed by atoms with van der Waals surface area (Å²) in [5.41, 5.74) is 5.54. The zero-order chi connectivity index (χ0) is 7.98. The van der Waals surface area contributed by atoms with Gasteiger partial charge in [-0.25, -0.2) is 0 Å². The lowest BCUT2D eigenvalue weighted by atomic mass is 10.2. The molecular weight excluding hydrogens is 144 g/mol. The zero-order valence-corrected chi connectivity index (χ0v) is 7.74. The second-order valence-corrected chi connectivity index (χ2v) is 2.97. The zero-order valence-electron chi connectivity index (χ0n) is 6.92. The van der Waals surface area contributed by atoms with Crippen LogP contribution >= 0.6 is 11.8 Å². The summed E-state index contributed by atoms with van der Waals surface area (Å²) in [4.78, 5) is 4.29. The number of aliphatic imine (C=N–C) groups is 1. The van der Waals surface area contributed by atoms with Gasteiger partial charge in [0.05, 0.1) is 6.04 Å². The topological polar surface area (TPSA) is 38.4 Å². The maximum Gasteiger partial charge on any atom is 0.153 e. The van der Waals surface area contributed by atoms with Crippen molar-refractivity contribution in [3.05, 3.63) is 0 Å². The molecule has 3 heteroatoms. The van der Waals surface area contributed by atoms with E-state index in [0.29, 0.717) is 11.2 Å². The average molecular weight is 160 g/mol. The Hall–Kier alpha value is -0.180. The van der Waals surface area contributed by atoms with Crippen LogP contribution in [0.4, 0.5) is 0 Å². The van der Waals surface area contributed by atoms with E-state index in [0.717, 1.165) is 12.8 Å². The van der Waals surface area contributed by atoms with Gasteiger partial charge in [-0.3, -0.25) is 4.99 Å². The normalized spacial score (nSPS) is 12.6. The lowest BCUT2D eigenvalue weighted by molar-refractivity contribution is 0.633. The fourth-order valence-electron chi connectivity index (χ4n) is 0.704. The van der Waals surface area contributed by atoms with Gasteiger partial charge in [-0.2, -0.15) is 0 Å². The van der Waals surface area contributed by atoms with Crippen LogP contribution in [0.25, 0.3) is 0 Å². The van der Waals surface area contributed by atoms with Crippen molar-refractivity contribution in [1.29, 1.82) is 0 Å². The molecule has 0 amide bonds. The quantitative estimate of drug-likeness (QED) is 0.505. The van der Waals surface area contributed by atoms with Crippen molar-refractivity contribution in [1.82, 2.24) is 0 Å². The van der Waals surface area contributed by atoms with Crippen molar-refractivity contribution < 1.29 is 0 Å². The monoisotopic (exact) mass is 160 g/mol. The van der Waals surface area contributed by atoms with Gasteiger partial charge in [0.1, 0.15) is 0 Å². The van der Waals surface area contributed by atoms with Gasteiger partial charge in [-0.05, 0) is 19.1 Å². The van der Waals surface area contributed by atoms with Crippen molar-refractivity contribution >= 4 is 16.9 Å². The molecule has 0 aromatic rings. The summed E-state index contributed by atoms with van der Waals surface area (Å²) in [7, 11) is 0. The molecule has 0 aliphatic heterocycles. The minimum absolute atomic E-state index is 0.424. The molecule has 2 nitrogen and oxygen atoms in total. The number of hydrogen-bond donors (Lipinski definition) is 1. The number of hydrogen-bond acceptors (Lipinski definition) is 2. The molecule has 0 fully saturated rings. The van der Waals surface area contributed by atoms with E-state index in [2.05, 4.69) is 18.8 Å². The minimum Gasteiger partial charge on any atom is -0.379 e. The first-order chi connectivity index (χ1) is 4.74. The molecule has 2 N–H and O–H groups in total. The Kier molecular flexibility index (Phi) is 5.49. The molecule has 0 bridgehead atoms. The highest BCUT2D eigenvalue weighted by molar-refractivity contribution is 8.13. The van der Waals surface area contributed by atoms with Gasteiger partial charge in [-0.1, -0.05) is 25.6 Å². The van der Waals surface area contributed by atoms with Gasteiger partial charge in [0, 0.05) is 0 Å². The summed E-state index contributed by atoms with van der Waals surface area (Å²) in [5, 5.41) is 0.703. The number of nitrogens with two attached hydrogens (primary N) is 1. The number of thioether (sulfide) groups is 1. The molecule has 0 rings (SSSR count). The van der Waals surface area contributed by atoms with Gasteiger partial charge in [-0.15, -0.1) is 0 Å².